The summed E-state index contributed by atoms with van der Waals surface area (Å²) in [5.74, 6) is 0.880. The zero-order valence-corrected chi connectivity index (χ0v) is 8.95. The van der Waals surface area contributed by atoms with E-state index in [0.717, 1.165) is 16.8 Å². The van der Waals surface area contributed by atoms with Gasteiger partial charge in [-0.2, -0.15) is 0 Å². The van der Waals surface area contributed by atoms with Crippen molar-refractivity contribution in [2.45, 2.75) is 19.1 Å². The van der Waals surface area contributed by atoms with Crippen LogP contribution in [0.1, 0.15) is 6.92 Å². The predicted octanol–water partition coefficient (Wildman–Crippen LogP) is 2.62. The highest BCUT2D eigenvalue weighted by molar-refractivity contribution is 9.10. The largest absolute Gasteiger partial charge is 0.487 e. The van der Waals surface area contributed by atoms with Crippen LogP contribution in [0.5, 0.6) is 5.75 Å². The number of epoxide rings is 1. The molecule has 70 valence electrons. The minimum atomic E-state index is 0.138. The van der Waals surface area contributed by atoms with E-state index in [2.05, 4.69) is 15.9 Å². The SMILES string of the molecule is C[C@@H](Oc1ccccc1Br)[C@H]1CO1. The van der Waals surface area contributed by atoms with Gasteiger partial charge in [-0.25, -0.2) is 0 Å². The van der Waals surface area contributed by atoms with E-state index in [9.17, 15) is 0 Å². The van der Waals surface area contributed by atoms with Gasteiger partial charge in [-0.15, -0.1) is 0 Å². The van der Waals surface area contributed by atoms with Crippen LogP contribution in [0.3, 0.4) is 0 Å². The molecule has 0 N–H and O–H groups in total. The van der Waals surface area contributed by atoms with Gasteiger partial charge in [-0.3, -0.25) is 0 Å². The van der Waals surface area contributed by atoms with E-state index in [1.807, 2.05) is 31.2 Å². The van der Waals surface area contributed by atoms with Gasteiger partial charge in [0.2, 0.25) is 0 Å². The van der Waals surface area contributed by atoms with E-state index in [-0.39, 0.29) is 12.2 Å². The van der Waals surface area contributed by atoms with Gasteiger partial charge in [0, 0.05) is 0 Å². The van der Waals surface area contributed by atoms with Crippen molar-refractivity contribution in [3.63, 3.8) is 0 Å². The number of rotatable bonds is 3. The normalized spacial score (nSPS) is 22.5. The molecule has 0 aliphatic carbocycles. The van der Waals surface area contributed by atoms with Crippen LogP contribution in [0.2, 0.25) is 0 Å². The molecule has 0 spiro atoms. The third kappa shape index (κ3) is 2.23. The first-order chi connectivity index (χ1) is 6.27. The van der Waals surface area contributed by atoms with Crippen molar-refractivity contribution in [2.75, 3.05) is 6.61 Å². The van der Waals surface area contributed by atoms with Crippen molar-refractivity contribution in [1.29, 1.82) is 0 Å². The fourth-order valence-electron chi connectivity index (χ4n) is 1.14. The van der Waals surface area contributed by atoms with Crippen LogP contribution in [-0.2, 0) is 4.74 Å². The van der Waals surface area contributed by atoms with Gasteiger partial charge in [0.05, 0.1) is 11.1 Å². The van der Waals surface area contributed by atoms with Crippen molar-refractivity contribution in [3.05, 3.63) is 28.7 Å². The second-order valence-corrected chi connectivity index (χ2v) is 3.98. The standard InChI is InChI=1S/C10H11BrO2/c1-7(10-6-12-10)13-9-5-3-2-4-8(9)11/h2-5,7,10H,6H2,1H3/t7-,10-/m1/s1. The van der Waals surface area contributed by atoms with Gasteiger partial charge >= 0.3 is 0 Å². The molecule has 1 heterocycles. The average molecular weight is 243 g/mol. The first kappa shape index (κ1) is 9.03. The van der Waals surface area contributed by atoms with Crippen LogP contribution in [0.4, 0.5) is 0 Å². The fourth-order valence-corrected chi connectivity index (χ4v) is 1.52. The maximum absolute atomic E-state index is 5.70. The van der Waals surface area contributed by atoms with Crippen molar-refractivity contribution in [1.82, 2.24) is 0 Å². The number of halogens is 1. The molecule has 13 heavy (non-hydrogen) atoms. The van der Waals surface area contributed by atoms with Crippen LogP contribution in [-0.4, -0.2) is 18.8 Å². The third-order valence-electron chi connectivity index (χ3n) is 2.03. The number of para-hydroxylation sites is 1. The van der Waals surface area contributed by atoms with Gasteiger partial charge in [0.1, 0.15) is 18.0 Å². The van der Waals surface area contributed by atoms with Crippen molar-refractivity contribution >= 4 is 15.9 Å². The predicted molar refractivity (Wildman–Crippen MR) is 54.0 cm³/mol. The summed E-state index contributed by atoms with van der Waals surface area (Å²) >= 11 is 3.43. The van der Waals surface area contributed by atoms with E-state index in [1.165, 1.54) is 0 Å². The molecular formula is C10H11BrO2. The highest BCUT2D eigenvalue weighted by Gasteiger charge is 2.31. The smallest absolute Gasteiger partial charge is 0.134 e. The van der Waals surface area contributed by atoms with E-state index in [4.69, 9.17) is 9.47 Å². The van der Waals surface area contributed by atoms with Crippen molar-refractivity contribution in [3.8, 4) is 5.75 Å². The molecule has 1 aromatic carbocycles. The zero-order chi connectivity index (χ0) is 9.26. The fraction of sp³-hybridized carbons (Fsp3) is 0.400. The Labute approximate surface area is 86.0 Å². The Balaban J connectivity index is 2.03. The van der Waals surface area contributed by atoms with Crippen LogP contribution in [0.15, 0.2) is 28.7 Å². The monoisotopic (exact) mass is 242 g/mol. The first-order valence-electron chi connectivity index (χ1n) is 4.30. The Morgan fingerprint density at radius 1 is 1.54 bits per heavy atom. The van der Waals surface area contributed by atoms with Gasteiger partial charge < -0.3 is 9.47 Å². The summed E-state index contributed by atoms with van der Waals surface area (Å²) in [4.78, 5) is 0. The zero-order valence-electron chi connectivity index (χ0n) is 7.37. The number of ether oxygens (including phenoxy) is 2. The molecular weight excluding hydrogens is 232 g/mol. The number of hydrogen-bond donors (Lipinski definition) is 0. The second-order valence-electron chi connectivity index (χ2n) is 3.13. The minimum absolute atomic E-state index is 0.138. The highest BCUT2D eigenvalue weighted by atomic mass is 79.9. The van der Waals surface area contributed by atoms with Crippen LogP contribution < -0.4 is 4.74 Å². The third-order valence-corrected chi connectivity index (χ3v) is 2.69. The molecule has 1 saturated heterocycles. The molecule has 2 atom stereocenters. The lowest BCUT2D eigenvalue weighted by molar-refractivity contribution is 0.175. The quantitative estimate of drug-likeness (QED) is 0.761. The molecule has 0 aromatic heterocycles. The summed E-state index contributed by atoms with van der Waals surface area (Å²) in [6.07, 6.45) is 0.422. The second kappa shape index (κ2) is 3.68. The Kier molecular flexibility index (Phi) is 2.56. The first-order valence-corrected chi connectivity index (χ1v) is 5.09. The molecule has 0 amide bonds. The summed E-state index contributed by atoms with van der Waals surface area (Å²) in [5.41, 5.74) is 0. The van der Waals surface area contributed by atoms with Crippen LogP contribution >= 0.6 is 15.9 Å². The van der Waals surface area contributed by atoms with Crippen LogP contribution in [0.25, 0.3) is 0 Å². The van der Waals surface area contributed by atoms with E-state index >= 15 is 0 Å². The van der Waals surface area contributed by atoms with Gasteiger partial charge in [-0.05, 0) is 35.0 Å². The number of hydrogen-bond acceptors (Lipinski definition) is 2. The van der Waals surface area contributed by atoms with Gasteiger partial charge in [0.25, 0.3) is 0 Å². The van der Waals surface area contributed by atoms with Crippen LogP contribution in [0, 0.1) is 0 Å². The molecule has 2 nitrogen and oxygen atoms in total. The lowest BCUT2D eigenvalue weighted by Crippen LogP contribution is -2.18. The maximum atomic E-state index is 5.70. The summed E-state index contributed by atoms with van der Waals surface area (Å²) in [6.45, 7) is 2.85. The Morgan fingerprint density at radius 3 is 2.85 bits per heavy atom. The molecule has 1 aliphatic heterocycles. The molecule has 0 saturated carbocycles. The Bertz CT molecular complexity index is 297. The minimum Gasteiger partial charge on any atom is -0.487 e. The van der Waals surface area contributed by atoms with Crippen molar-refractivity contribution < 1.29 is 9.47 Å². The van der Waals surface area contributed by atoms with E-state index < -0.39 is 0 Å². The lowest BCUT2D eigenvalue weighted by Gasteiger charge is -2.13. The molecule has 3 heteroatoms. The maximum Gasteiger partial charge on any atom is 0.134 e. The van der Waals surface area contributed by atoms with E-state index in [0.29, 0.717) is 0 Å². The molecule has 1 aromatic rings. The van der Waals surface area contributed by atoms with Gasteiger partial charge in [0.15, 0.2) is 0 Å². The molecule has 1 fully saturated rings. The molecule has 2 rings (SSSR count). The average Bonchev–Trinajstić information content (AvgIpc) is 2.91. The van der Waals surface area contributed by atoms with E-state index in [1.54, 1.807) is 0 Å². The topological polar surface area (TPSA) is 21.8 Å². The lowest BCUT2D eigenvalue weighted by atomic mass is 10.3. The van der Waals surface area contributed by atoms with Gasteiger partial charge in [-0.1, -0.05) is 12.1 Å². The molecule has 1 aliphatic rings. The Morgan fingerprint density at radius 2 is 2.23 bits per heavy atom. The summed E-state index contributed by atoms with van der Waals surface area (Å²) in [6, 6.07) is 7.84. The molecule has 0 unspecified atom stereocenters. The highest BCUT2D eigenvalue weighted by Crippen LogP contribution is 2.27. The Hall–Kier alpha value is -0.540. The summed E-state index contributed by atoms with van der Waals surface area (Å²) in [5, 5.41) is 0. The summed E-state index contributed by atoms with van der Waals surface area (Å²) in [7, 11) is 0. The molecule has 0 bridgehead atoms. The van der Waals surface area contributed by atoms with Crippen molar-refractivity contribution in [2.24, 2.45) is 0 Å². The number of benzene rings is 1. The molecule has 0 radical (unpaired) electrons. The summed E-state index contributed by atoms with van der Waals surface area (Å²) < 4.78 is 11.8.